The third-order valence-electron chi connectivity index (χ3n) is 6.66. The number of likely N-dealkylation sites (tertiary alicyclic amines) is 1. The predicted octanol–water partition coefficient (Wildman–Crippen LogP) is 1.64. The Hall–Kier alpha value is -1.86. The molecule has 1 aromatic rings. The SMILES string of the molecule is Cn1cccc1C(=O)NCCN(C1CCOCC1)C1CCN(C(=O)C2CC2)CC1. The summed E-state index contributed by atoms with van der Waals surface area (Å²) in [5.74, 6) is 0.663. The van der Waals surface area contributed by atoms with Crippen molar-refractivity contribution in [1.82, 2.24) is 19.7 Å². The minimum absolute atomic E-state index is 0.0192. The van der Waals surface area contributed by atoms with Gasteiger partial charge in [0.15, 0.2) is 0 Å². The lowest BCUT2D eigenvalue weighted by molar-refractivity contribution is -0.134. The lowest BCUT2D eigenvalue weighted by Gasteiger charge is -2.43. The van der Waals surface area contributed by atoms with Crippen LogP contribution >= 0.6 is 0 Å². The maximum Gasteiger partial charge on any atom is 0.267 e. The molecule has 0 unspecified atom stereocenters. The minimum atomic E-state index is -0.0192. The van der Waals surface area contributed by atoms with Gasteiger partial charge in [0.2, 0.25) is 5.91 Å². The number of piperidine rings is 1. The smallest absolute Gasteiger partial charge is 0.267 e. The average molecular weight is 403 g/mol. The highest BCUT2D eigenvalue weighted by molar-refractivity contribution is 5.92. The molecule has 7 nitrogen and oxygen atoms in total. The molecule has 29 heavy (non-hydrogen) atoms. The van der Waals surface area contributed by atoms with Crippen LogP contribution in [0.5, 0.6) is 0 Å². The predicted molar refractivity (Wildman–Crippen MR) is 111 cm³/mol. The van der Waals surface area contributed by atoms with E-state index in [1.807, 2.05) is 29.9 Å². The first kappa shape index (κ1) is 20.4. The fourth-order valence-corrected chi connectivity index (χ4v) is 4.77. The van der Waals surface area contributed by atoms with Gasteiger partial charge >= 0.3 is 0 Å². The molecular formula is C22H34N4O3. The minimum Gasteiger partial charge on any atom is -0.381 e. The second-order valence-corrected chi connectivity index (χ2v) is 8.67. The van der Waals surface area contributed by atoms with Crippen molar-refractivity contribution in [2.45, 2.75) is 50.6 Å². The molecule has 0 spiro atoms. The highest BCUT2D eigenvalue weighted by atomic mass is 16.5. The number of hydrogen-bond donors (Lipinski definition) is 1. The Morgan fingerprint density at radius 3 is 2.41 bits per heavy atom. The molecule has 0 atom stereocenters. The summed E-state index contributed by atoms with van der Waals surface area (Å²) in [6.07, 6.45) is 8.20. The number of ether oxygens (including phenoxy) is 1. The van der Waals surface area contributed by atoms with Gasteiger partial charge in [0, 0.05) is 70.6 Å². The Labute approximate surface area is 173 Å². The monoisotopic (exact) mass is 402 g/mol. The van der Waals surface area contributed by atoms with Gasteiger partial charge in [-0.15, -0.1) is 0 Å². The van der Waals surface area contributed by atoms with Crippen LogP contribution in [0.25, 0.3) is 0 Å². The van der Waals surface area contributed by atoms with Crippen LogP contribution in [0.1, 0.15) is 49.0 Å². The van der Waals surface area contributed by atoms with Gasteiger partial charge in [-0.05, 0) is 50.7 Å². The van der Waals surface area contributed by atoms with Gasteiger partial charge in [0.05, 0.1) is 0 Å². The summed E-state index contributed by atoms with van der Waals surface area (Å²) < 4.78 is 7.42. The molecule has 1 N–H and O–H groups in total. The van der Waals surface area contributed by atoms with Gasteiger partial charge in [-0.2, -0.15) is 0 Å². The first-order valence-corrected chi connectivity index (χ1v) is 11.2. The Balaban J connectivity index is 1.32. The van der Waals surface area contributed by atoms with Crippen LogP contribution in [0.2, 0.25) is 0 Å². The zero-order valence-electron chi connectivity index (χ0n) is 17.5. The molecule has 1 aromatic heterocycles. The molecule has 7 heteroatoms. The molecule has 1 saturated carbocycles. The van der Waals surface area contributed by atoms with E-state index in [0.717, 1.165) is 71.4 Å². The van der Waals surface area contributed by atoms with E-state index in [1.165, 1.54) is 0 Å². The zero-order valence-corrected chi connectivity index (χ0v) is 17.5. The molecule has 2 saturated heterocycles. The van der Waals surface area contributed by atoms with E-state index in [1.54, 1.807) is 0 Å². The van der Waals surface area contributed by atoms with E-state index in [4.69, 9.17) is 4.74 Å². The molecule has 3 heterocycles. The summed E-state index contributed by atoms with van der Waals surface area (Å²) in [6, 6.07) is 4.72. The fraction of sp³-hybridized carbons (Fsp3) is 0.727. The Bertz CT molecular complexity index is 701. The van der Waals surface area contributed by atoms with Crippen LogP contribution < -0.4 is 5.32 Å². The van der Waals surface area contributed by atoms with Crippen molar-refractivity contribution in [2.75, 3.05) is 39.4 Å². The van der Waals surface area contributed by atoms with Crippen molar-refractivity contribution in [3.63, 3.8) is 0 Å². The standard InChI is InChI=1S/C22H34N4O3/c1-24-11-2-3-20(24)21(27)23-10-14-26(19-8-15-29-16-9-19)18-6-12-25(13-7-18)22(28)17-4-5-17/h2-3,11,17-19H,4-10,12-16H2,1H3,(H,23,27). The number of carbonyl (C=O) groups is 2. The molecule has 3 fully saturated rings. The molecule has 4 rings (SSSR count). The van der Waals surface area contributed by atoms with Crippen LogP contribution in [0, 0.1) is 5.92 Å². The van der Waals surface area contributed by atoms with E-state index >= 15 is 0 Å². The lowest BCUT2D eigenvalue weighted by Crippen LogP contribution is -2.53. The van der Waals surface area contributed by atoms with Crippen LogP contribution in [-0.4, -0.2) is 77.7 Å². The Kier molecular flexibility index (Phi) is 6.55. The second kappa shape index (κ2) is 9.30. The van der Waals surface area contributed by atoms with Crippen LogP contribution in [0.3, 0.4) is 0 Å². The maximum atomic E-state index is 12.4. The molecule has 0 radical (unpaired) electrons. The number of nitrogens with zero attached hydrogens (tertiary/aromatic N) is 3. The van der Waals surface area contributed by atoms with Gasteiger partial charge in [0.1, 0.15) is 5.69 Å². The van der Waals surface area contributed by atoms with Gasteiger partial charge < -0.3 is 19.5 Å². The highest BCUT2D eigenvalue weighted by Gasteiger charge is 2.37. The number of aromatic nitrogens is 1. The maximum absolute atomic E-state index is 12.4. The molecule has 3 aliphatic rings. The van der Waals surface area contributed by atoms with Crippen molar-refractivity contribution in [1.29, 1.82) is 0 Å². The van der Waals surface area contributed by atoms with Crippen molar-refractivity contribution in [2.24, 2.45) is 13.0 Å². The number of aryl methyl sites for hydroxylation is 1. The van der Waals surface area contributed by atoms with E-state index in [0.29, 0.717) is 36.1 Å². The van der Waals surface area contributed by atoms with Gasteiger partial charge in [-0.1, -0.05) is 0 Å². The Morgan fingerprint density at radius 2 is 1.79 bits per heavy atom. The summed E-state index contributed by atoms with van der Waals surface area (Å²) in [6.45, 7) is 4.86. The van der Waals surface area contributed by atoms with Gasteiger partial charge in [-0.25, -0.2) is 0 Å². The first-order valence-electron chi connectivity index (χ1n) is 11.2. The number of nitrogens with one attached hydrogen (secondary N) is 1. The molecule has 0 aromatic carbocycles. The lowest BCUT2D eigenvalue weighted by atomic mass is 9.97. The number of rotatable bonds is 7. The topological polar surface area (TPSA) is 66.8 Å². The van der Waals surface area contributed by atoms with Gasteiger partial charge in [0.25, 0.3) is 5.91 Å². The molecule has 2 aliphatic heterocycles. The normalized spacial score (nSPS) is 21.5. The molecule has 0 bridgehead atoms. The molecule has 2 amide bonds. The third kappa shape index (κ3) is 5.01. The average Bonchev–Trinajstić information content (AvgIpc) is 3.52. The summed E-state index contributed by atoms with van der Waals surface area (Å²) in [5, 5.41) is 3.09. The van der Waals surface area contributed by atoms with Crippen LogP contribution in [0.4, 0.5) is 0 Å². The van der Waals surface area contributed by atoms with Crippen LogP contribution in [0.15, 0.2) is 18.3 Å². The van der Waals surface area contributed by atoms with E-state index in [2.05, 4.69) is 15.1 Å². The summed E-state index contributed by atoms with van der Waals surface area (Å²) >= 11 is 0. The van der Waals surface area contributed by atoms with Gasteiger partial charge in [-0.3, -0.25) is 14.5 Å². The van der Waals surface area contributed by atoms with Crippen molar-refractivity contribution >= 4 is 11.8 Å². The highest BCUT2D eigenvalue weighted by Crippen LogP contribution is 2.32. The quantitative estimate of drug-likeness (QED) is 0.753. The summed E-state index contributed by atoms with van der Waals surface area (Å²) in [5.41, 5.74) is 0.689. The first-order chi connectivity index (χ1) is 14.1. The van der Waals surface area contributed by atoms with E-state index < -0.39 is 0 Å². The fourth-order valence-electron chi connectivity index (χ4n) is 4.77. The number of hydrogen-bond acceptors (Lipinski definition) is 4. The molecule has 1 aliphatic carbocycles. The van der Waals surface area contributed by atoms with Crippen molar-refractivity contribution in [3.05, 3.63) is 24.0 Å². The van der Waals surface area contributed by atoms with Crippen LogP contribution in [-0.2, 0) is 16.6 Å². The van der Waals surface area contributed by atoms with E-state index in [9.17, 15) is 9.59 Å². The number of amides is 2. The second-order valence-electron chi connectivity index (χ2n) is 8.67. The molecular weight excluding hydrogens is 368 g/mol. The van der Waals surface area contributed by atoms with Crippen molar-refractivity contribution < 1.29 is 14.3 Å². The molecule has 160 valence electrons. The number of carbonyl (C=O) groups excluding carboxylic acids is 2. The van der Waals surface area contributed by atoms with Crippen molar-refractivity contribution in [3.8, 4) is 0 Å². The third-order valence-corrected chi connectivity index (χ3v) is 6.66. The zero-order chi connectivity index (χ0) is 20.2. The summed E-state index contributed by atoms with van der Waals surface area (Å²) in [4.78, 5) is 29.5. The van der Waals surface area contributed by atoms with E-state index in [-0.39, 0.29) is 5.91 Å². The summed E-state index contributed by atoms with van der Waals surface area (Å²) in [7, 11) is 1.89. The largest absolute Gasteiger partial charge is 0.381 e. The Morgan fingerprint density at radius 1 is 1.10 bits per heavy atom.